The van der Waals surface area contributed by atoms with E-state index in [2.05, 4.69) is 63.8 Å². The first-order chi connectivity index (χ1) is 22.5. The van der Waals surface area contributed by atoms with Gasteiger partial charge in [-0.25, -0.2) is 19.6 Å². The molecule has 1 atom stereocenters. The van der Waals surface area contributed by atoms with Gasteiger partial charge in [0.15, 0.2) is 0 Å². The normalized spacial score (nSPS) is 17.8. The molecule has 2 aliphatic rings. The van der Waals surface area contributed by atoms with Crippen molar-refractivity contribution in [3.05, 3.63) is 72.3 Å². The maximum absolute atomic E-state index is 12.6. The molecule has 10 nitrogen and oxygen atoms in total. The minimum absolute atomic E-state index is 0.237. The number of carboxylic acid groups (broad SMARTS) is 1. The number of nitrogens with one attached hydrogen (secondary N) is 3. The molecule has 2 fully saturated rings. The fourth-order valence-corrected chi connectivity index (χ4v) is 7.91. The summed E-state index contributed by atoms with van der Waals surface area (Å²) in [5, 5.41) is 14.9. The summed E-state index contributed by atoms with van der Waals surface area (Å²) in [4.78, 5) is 44.7. The lowest BCUT2D eigenvalue weighted by Gasteiger charge is -2.40. The van der Waals surface area contributed by atoms with Crippen molar-refractivity contribution >= 4 is 56.4 Å². The van der Waals surface area contributed by atoms with E-state index in [-0.39, 0.29) is 6.04 Å². The highest BCUT2D eigenvalue weighted by Crippen LogP contribution is 2.42. The van der Waals surface area contributed by atoms with E-state index >= 15 is 0 Å². The number of carbonyl (C=O) groups excluding carboxylic acids is 1. The minimum atomic E-state index is -0.901. The van der Waals surface area contributed by atoms with Gasteiger partial charge in [0.2, 0.25) is 0 Å². The van der Waals surface area contributed by atoms with Gasteiger partial charge in [0.25, 0.3) is 0 Å². The number of hydrogen-bond donors (Lipinski definition) is 4. The van der Waals surface area contributed by atoms with E-state index < -0.39 is 23.3 Å². The molecule has 0 radical (unpaired) electrons. The third-order valence-corrected chi connectivity index (χ3v) is 10.5. The summed E-state index contributed by atoms with van der Waals surface area (Å²) in [6.07, 6.45) is 2.94. The van der Waals surface area contributed by atoms with Gasteiger partial charge in [0.1, 0.15) is 22.8 Å². The van der Waals surface area contributed by atoms with Gasteiger partial charge in [-0.1, -0.05) is 24.3 Å². The van der Waals surface area contributed by atoms with Crippen LogP contribution < -0.4 is 5.32 Å². The summed E-state index contributed by atoms with van der Waals surface area (Å²) < 4.78 is 5.54. The van der Waals surface area contributed by atoms with Crippen LogP contribution in [0.5, 0.6) is 0 Å². The largest absolute Gasteiger partial charge is 0.465 e. The second kappa shape index (κ2) is 10.8. The molecule has 8 rings (SSSR count). The predicted octanol–water partition coefficient (Wildman–Crippen LogP) is 8.71. The quantitative estimate of drug-likeness (QED) is 0.148. The van der Waals surface area contributed by atoms with Crippen LogP contribution in [0.3, 0.4) is 0 Å². The molecule has 1 saturated carbocycles. The van der Waals surface area contributed by atoms with Gasteiger partial charge in [0.05, 0.1) is 28.1 Å². The number of carbonyl (C=O) groups is 2. The Kier molecular flexibility index (Phi) is 6.80. The van der Waals surface area contributed by atoms with Gasteiger partial charge >= 0.3 is 12.2 Å². The zero-order valence-corrected chi connectivity index (χ0v) is 27.3. The van der Waals surface area contributed by atoms with E-state index in [0.29, 0.717) is 12.4 Å². The van der Waals surface area contributed by atoms with Crippen LogP contribution in [-0.2, 0) is 10.3 Å². The Balaban J connectivity index is 1.05. The van der Waals surface area contributed by atoms with Crippen LogP contribution in [0.25, 0.3) is 53.7 Å². The molecule has 6 aromatic rings. The van der Waals surface area contributed by atoms with Crippen molar-refractivity contribution in [2.75, 3.05) is 6.54 Å². The molecule has 1 saturated heterocycles. The van der Waals surface area contributed by atoms with Crippen molar-refractivity contribution < 1.29 is 19.4 Å². The van der Waals surface area contributed by atoms with Crippen LogP contribution in [0, 0.1) is 0 Å². The maximum Gasteiger partial charge on any atom is 0.408 e. The molecular weight excluding hydrogens is 613 g/mol. The molecule has 1 aliphatic carbocycles. The summed E-state index contributed by atoms with van der Waals surface area (Å²) >= 11 is 1.74. The Labute approximate surface area is 275 Å². The number of likely N-dealkylation sites (tertiary alicyclic amines) is 1. The third kappa shape index (κ3) is 5.28. The Bertz CT molecular complexity index is 2190. The average Bonchev–Trinajstić information content (AvgIpc) is 3.82. The monoisotopic (exact) mass is 648 g/mol. The van der Waals surface area contributed by atoms with Crippen LogP contribution in [-0.4, -0.2) is 54.3 Å². The number of hydrogen-bond acceptors (Lipinski definition) is 6. The zero-order chi connectivity index (χ0) is 32.5. The number of aromatic amines is 2. The number of fused-ring (bicyclic) bond motifs is 4. The van der Waals surface area contributed by atoms with Crippen LogP contribution >= 0.6 is 11.3 Å². The molecule has 47 heavy (non-hydrogen) atoms. The van der Waals surface area contributed by atoms with Crippen molar-refractivity contribution in [2.24, 2.45) is 0 Å². The maximum atomic E-state index is 12.6. The molecule has 1 aliphatic heterocycles. The number of ether oxygens (including phenoxy) is 1. The smallest absolute Gasteiger partial charge is 0.408 e. The first-order valence-electron chi connectivity index (χ1n) is 16.1. The van der Waals surface area contributed by atoms with E-state index in [1.54, 1.807) is 11.3 Å². The van der Waals surface area contributed by atoms with Gasteiger partial charge < -0.3 is 25.1 Å². The van der Waals surface area contributed by atoms with E-state index in [0.717, 1.165) is 91.6 Å². The number of H-pyrrole nitrogens is 2. The van der Waals surface area contributed by atoms with Crippen LogP contribution in [0.1, 0.15) is 70.6 Å². The van der Waals surface area contributed by atoms with Gasteiger partial charge in [-0.05, 0) is 106 Å². The number of nitrogens with zero attached hydrogens (tertiary/aromatic N) is 3. The Morgan fingerprint density at radius 2 is 1.70 bits per heavy atom. The fraction of sp³-hybridized carbons (Fsp3) is 0.333. The lowest BCUT2D eigenvalue weighted by Crippen LogP contribution is -2.52. The Morgan fingerprint density at radius 1 is 0.957 bits per heavy atom. The SMILES string of the molecule is CC(C)(C)OC(=O)NC1(c2nc3ccc(-c4ccc(-c5ccc6c(ccc7nc(C8CCCN8C(=O)O)[nH]c76)c5)s4)cc3[nH]2)CCC1. The second-order valence-corrected chi connectivity index (χ2v) is 14.8. The van der Waals surface area contributed by atoms with Gasteiger partial charge in [-0.15, -0.1) is 11.3 Å². The number of rotatable bonds is 5. The fourth-order valence-electron chi connectivity index (χ4n) is 6.91. The molecule has 240 valence electrons. The van der Waals surface area contributed by atoms with Crippen molar-refractivity contribution in [3.63, 3.8) is 0 Å². The highest BCUT2D eigenvalue weighted by Gasteiger charge is 2.44. The number of benzene rings is 3. The zero-order valence-electron chi connectivity index (χ0n) is 26.5. The summed E-state index contributed by atoms with van der Waals surface area (Å²) in [5.74, 6) is 1.48. The standard InChI is InChI=1S/C36H36N6O4S/c1-35(2,3)46-33(43)41-36(15-5-16-36)32-38-24-11-9-22(19-26(24)39-32)29-14-13-28(47-29)21-7-10-23-20(18-21)8-12-25-30(23)40-31(37-25)27-6-4-17-42(27)34(44)45/h7-14,18-19,27H,4-6,15-17H2,1-3H3,(H,37,40)(H,38,39)(H,41,43)(H,44,45). The topological polar surface area (TPSA) is 136 Å². The van der Waals surface area contributed by atoms with Crippen molar-refractivity contribution in [3.8, 4) is 20.9 Å². The molecule has 0 spiro atoms. The molecule has 3 aromatic heterocycles. The first kappa shape index (κ1) is 29.5. The number of thiophene rings is 1. The van der Waals surface area contributed by atoms with E-state index in [4.69, 9.17) is 14.7 Å². The summed E-state index contributed by atoms with van der Waals surface area (Å²) in [6.45, 7) is 6.13. The second-order valence-electron chi connectivity index (χ2n) is 13.7. The van der Waals surface area contributed by atoms with Crippen LogP contribution in [0.4, 0.5) is 9.59 Å². The predicted molar refractivity (Wildman–Crippen MR) is 184 cm³/mol. The molecule has 1 unspecified atom stereocenters. The molecule has 4 heterocycles. The molecule has 0 bridgehead atoms. The van der Waals surface area contributed by atoms with Crippen LogP contribution in [0.15, 0.2) is 60.7 Å². The molecule has 2 amide bonds. The van der Waals surface area contributed by atoms with E-state index in [1.165, 1.54) is 4.90 Å². The summed E-state index contributed by atoms with van der Waals surface area (Å²) in [7, 11) is 0. The molecule has 4 N–H and O–H groups in total. The lowest BCUT2D eigenvalue weighted by atomic mass is 9.76. The number of aromatic nitrogens is 4. The lowest BCUT2D eigenvalue weighted by molar-refractivity contribution is 0.0366. The van der Waals surface area contributed by atoms with Gasteiger partial charge in [0, 0.05) is 21.7 Å². The van der Waals surface area contributed by atoms with Crippen LogP contribution in [0.2, 0.25) is 0 Å². The van der Waals surface area contributed by atoms with Gasteiger partial charge in [-0.2, -0.15) is 0 Å². The molecule has 3 aromatic carbocycles. The van der Waals surface area contributed by atoms with Crippen molar-refractivity contribution in [1.82, 2.24) is 30.2 Å². The average molecular weight is 649 g/mol. The van der Waals surface area contributed by atoms with E-state index in [9.17, 15) is 14.7 Å². The Morgan fingerprint density at radius 3 is 2.43 bits per heavy atom. The van der Waals surface area contributed by atoms with E-state index in [1.807, 2.05) is 32.9 Å². The number of amides is 2. The third-order valence-electron chi connectivity index (χ3n) is 9.36. The number of imidazole rings is 2. The van der Waals surface area contributed by atoms with Crippen molar-refractivity contribution in [2.45, 2.75) is 70.1 Å². The number of alkyl carbamates (subject to hydrolysis) is 1. The summed E-state index contributed by atoms with van der Waals surface area (Å²) in [6, 6.07) is 20.9. The van der Waals surface area contributed by atoms with Crippen molar-refractivity contribution in [1.29, 1.82) is 0 Å². The summed E-state index contributed by atoms with van der Waals surface area (Å²) in [5.41, 5.74) is 4.70. The molecule has 11 heteroatoms. The minimum Gasteiger partial charge on any atom is -0.465 e. The highest BCUT2D eigenvalue weighted by molar-refractivity contribution is 7.18. The highest BCUT2D eigenvalue weighted by atomic mass is 32.1. The molecular formula is C36H36N6O4S. The van der Waals surface area contributed by atoms with Gasteiger partial charge in [-0.3, -0.25) is 4.90 Å². The Hall–Kier alpha value is -4.90. The first-order valence-corrected chi connectivity index (χ1v) is 16.9.